The van der Waals surface area contributed by atoms with E-state index < -0.39 is 0 Å². The molecule has 0 bridgehead atoms. The molecule has 0 amide bonds. The van der Waals surface area contributed by atoms with Crippen molar-refractivity contribution >= 4 is 17.7 Å². The SMILES string of the molecule is COC(=O)CC1(CSC2CCCCC2N)CC1. The van der Waals surface area contributed by atoms with Gasteiger partial charge in [-0.1, -0.05) is 12.8 Å². The van der Waals surface area contributed by atoms with Crippen molar-refractivity contribution in [3.63, 3.8) is 0 Å². The highest BCUT2D eigenvalue weighted by Gasteiger charge is 2.45. The topological polar surface area (TPSA) is 52.3 Å². The number of carbonyl (C=O) groups excluding carboxylic acids is 1. The van der Waals surface area contributed by atoms with Gasteiger partial charge in [0.2, 0.25) is 0 Å². The van der Waals surface area contributed by atoms with Gasteiger partial charge in [-0.05, 0) is 36.9 Å². The first kappa shape index (κ1) is 13.2. The van der Waals surface area contributed by atoms with Gasteiger partial charge in [-0.2, -0.15) is 11.8 Å². The fourth-order valence-corrected chi connectivity index (χ4v) is 4.22. The number of thioether (sulfide) groups is 1. The molecule has 0 aliphatic heterocycles. The molecule has 17 heavy (non-hydrogen) atoms. The zero-order chi connectivity index (χ0) is 12.3. The first-order chi connectivity index (χ1) is 8.15. The minimum absolute atomic E-state index is 0.0592. The van der Waals surface area contributed by atoms with Crippen LogP contribution >= 0.6 is 11.8 Å². The summed E-state index contributed by atoms with van der Waals surface area (Å²) in [4.78, 5) is 11.3. The van der Waals surface area contributed by atoms with Crippen LogP contribution in [0.5, 0.6) is 0 Å². The van der Waals surface area contributed by atoms with Crippen LogP contribution in [0.4, 0.5) is 0 Å². The maximum Gasteiger partial charge on any atom is 0.306 e. The average Bonchev–Trinajstić information content (AvgIpc) is 3.08. The Morgan fingerprint density at radius 3 is 2.71 bits per heavy atom. The Morgan fingerprint density at radius 2 is 2.12 bits per heavy atom. The molecule has 0 aromatic rings. The van der Waals surface area contributed by atoms with Crippen molar-refractivity contribution in [3.05, 3.63) is 0 Å². The predicted octanol–water partition coefficient (Wildman–Crippen LogP) is 2.33. The highest BCUT2D eigenvalue weighted by Crippen LogP contribution is 2.52. The van der Waals surface area contributed by atoms with E-state index in [2.05, 4.69) is 0 Å². The molecular formula is C13H23NO2S. The van der Waals surface area contributed by atoms with E-state index in [1.165, 1.54) is 45.6 Å². The molecule has 0 radical (unpaired) electrons. The molecule has 2 aliphatic rings. The van der Waals surface area contributed by atoms with Crippen molar-refractivity contribution in [2.24, 2.45) is 11.1 Å². The van der Waals surface area contributed by atoms with Crippen molar-refractivity contribution in [3.8, 4) is 0 Å². The summed E-state index contributed by atoms with van der Waals surface area (Å²) >= 11 is 1.99. The quantitative estimate of drug-likeness (QED) is 0.768. The largest absolute Gasteiger partial charge is 0.469 e. The lowest BCUT2D eigenvalue weighted by molar-refractivity contribution is -0.141. The summed E-state index contributed by atoms with van der Waals surface area (Å²) in [5, 5.41) is 0.610. The highest BCUT2D eigenvalue weighted by atomic mass is 32.2. The summed E-state index contributed by atoms with van der Waals surface area (Å²) in [6.07, 6.45) is 7.97. The minimum atomic E-state index is -0.0592. The fourth-order valence-electron chi connectivity index (χ4n) is 2.54. The van der Waals surface area contributed by atoms with E-state index in [9.17, 15) is 4.79 Å². The maximum atomic E-state index is 11.3. The van der Waals surface area contributed by atoms with Crippen molar-refractivity contribution in [2.75, 3.05) is 12.9 Å². The number of nitrogens with two attached hydrogens (primary N) is 1. The predicted molar refractivity (Wildman–Crippen MR) is 71.0 cm³/mol. The van der Waals surface area contributed by atoms with Crippen LogP contribution in [0.1, 0.15) is 44.9 Å². The van der Waals surface area contributed by atoms with Crippen LogP contribution in [0.3, 0.4) is 0 Å². The molecule has 0 spiro atoms. The number of hydrogen-bond acceptors (Lipinski definition) is 4. The first-order valence-electron chi connectivity index (χ1n) is 6.59. The van der Waals surface area contributed by atoms with Crippen molar-refractivity contribution < 1.29 is 9.53 Å². The van der Waals surface area contributed by atoms with Crippen molar-refractivity contribution in [1.82, 2.24) is 0 Å². The molecule has 2 atom stereocenters. The van der Waals surface area contributed by atoms with E-state index in [4.69, 9.17) is 10.5 Å². The lowest BCUT2D eigenvalue weighted by atomic mass is 9.96. The van der Waals surface area contributed by atoms with E-state index in [0.29, 0.717) is 17.7 Å². The Labute approximate surface area is 108 Å². The molecule has 0 aromatic heterocycles. The van der Waals surface area contributed by atoms with Gasteiger partial charge in [0.25, 0.3) is 0 Å². The third-order valence-corrected chi connectivity index (χ3v) is 5.85. The fraction of sp³-hybridized carbons (Fsp3) is 0.923. The van der Waals surface area contributed by atoms with E-state index in [1.807, 2.05) is 11.8 Å². The zero-order valence-corrected chi connectivity index (χ0v) is 11.4. The van der Waals surface area contributed by atoms with Gasteiger partial charge in [-0.3, -0.25) is 4.79 Å². The van der Waals surface area contributed by atoms with Crippen LogP contribution in [-0.4, -0.2) is 30.1 Å². The number of methoxy groups -OCH3 is 1. The summed E-state index contributed by atoms with van der Waals surface area (Å²) < 4.78 is 4.77. The molecule has 0 aromatic carbocycles. The monoisotopic (exact) mass is 257 g/mol. The van der Waals surface area contributed by atoms with E-state index >= 15 is 0 Å². The molecule has 2 fully saturated rings. The molecular weight excluding hydrogens is 234 g/mol. The van der Waals surface area contributed by atoms with Gasteiger partial charge in [0.05, 0.1) is 13.5 Å². The highest BCUT2D eigenvalue weighted by molar-refractivity contribution is 8.00. The summed E-state index contributed by atoms with van der Waals surface area (Å²) in [5.41, 5.74) is 6.39. The second-order valence-electron chi connectivity index (χ2n) is 5.55. The van der Waals surface area contributed by atoms with Gasteiger partial charge in [-0.25, -0.2) is 0 Å². The summed E-state index contributed by atoms with van der Waals surface area (Å²) in [5.74, 6) is 1.02. The van der Waals surface area contributed by atoms with Crippen LogP contribution in [0.15, 0.2) is 0 Å². The number of ether oxygens (including phenoxy) is 1. The Morgan fingerprint density at radius 1 is 1.41 bits per heavy atom. The van der Waals surface area contributed by atoms with Crippen LogP contribution in [0.2, 0.25) is 0 Å². The van der Waals surface area contributed by atoms with Gasteiger partial charge >= 0.3 is 5.97 Å². The van der Waals surface area contributed by atoms with Crippen LogP contribution < -0.4 is 5.73 Å². The van der Waals surface area contributed by atoms with Crippen molar-refractivity contribution in [1.29, 1.82) is 0 Å². The molecule has 3 nitrogen and oxygen atoms in total. The van der Waals surface area contributed by atoms with Gasteiger partial charge in [0.1, 0.15) is 0 Å². The normalized spacial score (nSPS) is 30.9. The Balaban J connectivity index is 1.75. The lowest BCUT2D eigenvalue weighted by Crippen LogP contribution is -2.36. The second-order valence-corrected chi connectivity index (χ2v) is 6.78. The number of rotatable bonds is 5. The number of hydrogen-bond donors (Lipinski definition) is 1. The number of carbonyl (C=O) groups is 1. The smallest absolute Gasteiger partial charge is 0.306 e. The standard InChI is InChI=1S/C13H23NO2S/c1-16-12(15)8-13(6-7-13)9-17-11-5-3-2-4-10(11)14/h10-11H,2-9,14H2,1H3. The maximum absolute atomic E-state index is 11.3. The zero-order valence-electron chi connectivity index (χ0n) is 10.6. The van der Waals surface area contributed by atoms with Gasteiger partial charge in [-0.15, -0.1) is 0 Å². The number of esters is 1. The molecule has 2 aliphatic carbocycles. The average molecular weight is 257 g/mol. The van der Waals surface area contributed by atoms with Crippen molar-refractivity contribution in [2.45, 2.75) is 56.2 Å². The molecule has 0 heterocycles. The van der Waals surface area contributed by atoms with Crippen LogP contribution in [0.25, 0.3) is 0 Å². The molecule has 0 saturated heterocycles. The van der Waals surface area contributed by atoms with Crippen LogP contribution in [0, 0.1) is 5.41 Å². The summed E-state index contributed by atoms with van der Waals surface area (Å²) in [7, 11) is 1.47. The molecule has 2 rings (SSSR count). The third kappa shape index (κ3) is 3.62. The second kappa shape index (κ2) is 5.61. The third-order valence-electron chi connectivity index (χ3n) is 4.06. The molecule has 98 valence electrons. The van der Waals surface area contributed by atoms with Gasteiger partial charge < -0.3 is 10.5 Å². The van der Waals surface area contributed by atoms with Gasteiger partial charge in [0.15, 0.2) is 0 Å². The lowest BCUT2D eigenvalue weighted by Gasteiger charge is -2.29. The Hall–Kier alpha value is -0.220. The molecule has 2 N–H and O–H groups in total. The summed E-state index contributed by atoms with van der Waals surface area (Å²) in [6, 6.07) is 0.364. The molecule has 2 saturated carbocycles. The van der Waals surface area contributed by atoms with Crippen LogP contribution in [-0.2, 0) is 9.53 Å². The Bertz CT molecular complexity index is 279. The van der Waals surface area contributed by atoms with Gasteiger partial charge in [0, 0.05) is 11.3 Å². The minimum Gasteiger partial charge on any atom is -0.469 e. The van der Waals surface area contributed by atoms with E-state index in [1.54, 1.807) is 0 Å². The molecule has 4 heteroatoms. The van der Waals surface area contributed by atoms with E-state index in [-0.39, 0.29) is 11.4 Å². The molecule has 2 unspecified atom stereocenters. The first-order valence-corrected chi connectivity index (χ1v) is 7.64. The van der Waals surface area contributed by atoms with E-state index in [0.717, 1.165) is 5.75 Å². The summed E-state index contributed by atoms with van der Waals surface area (Å²) in [6.45, 7) is 0. The Kier molecular flexibility index (Phi) is 4.36.